The largest absolute Gasteiger partial charge is 0.478 e. The van der Waals surface area contributed by atoms with Crippen LogP contribution in [0, 0.1) is 24.0 Å². The Hall–Kier alpha value is -1.98. The Labute approximate surface area is 114 Å². The van der Waals surface area contributed by atoms with Gasteiger partial charge in [0, 0.05) is 0 Å². The highest BCUT2D eigenvalue weighted by atomic mass is 32.2. The summed E-state index contributed by atoms with van der Waals surface area (Å²) < 4.78 is 52.7. The highest BCUT2D eigenvalue weighted by Crippen LogP contribution is 2.21. The molecule has 1 rings (SSSR count). The van der Waals surface area contributed by atoms with E-state index in [9.17, 15) is 22.0 Å². The van der Waals surface area contributed by atoms with Crippen LogP contribution in [0.25, 0.3) is 0 Å². The Bertz CT molecular complexity index is 705. The molecule has 108 valence electrons. The maximum Gasteiger partial charge on any atom is 0.335 e. The summed E-state index contributed by atoms with van der Waals surface area (Å²) in [4.78, 5) is 9.64. The lowest BCUT2D eigenvalue weighted by Gasteiger charge is -2.19. The third kappa shape index (κ3) is 3.31. The SMILES string of the molecule is C#CC(C)(C)NS(=O)(=O)c1cc(C(=O)O)cc(F)c1F. The molecule has 1 aromatic rings. The fourth-order valence-electron chi connectivity index (χ4n) is 1.30. The number of nitrogens with one attached hydrogen (secondary N) is 1. The predicted octanol–water partition coefficient (Wildman–Crippen LogP) is 1.35. The summed E-state index contributed by atoms with van der Waals surface area (Å²) in [6, 6.07) is 0.915. The maximum absolute atomic E-state index is 13.6. The molecule has 0 unspecified atom stereocenters. The number of terminal acetylenes is 1. The number of carboxylic acid groups (broad SMARTS) is 1. The lowest BCUT2D eigenvalue weighted by Crippen LogP contribution is -2.42. The van der Waals surface area contributed by atoms with Gasteiger partial charge in [0.2, 0.25) is 10.0 Å². The number of hydrogen-bond acceptors (Lipinski definition) is 3. The van der Waals surface area contributed by atoms with Crippen molar-refractivity contribution in [1.82, 2.24) is 4.72 Å². The first kappa shape index (κ1) is 16.1. The van der Waals surface area contributed by atoms with E-state index in [1.165, 1.54) is 13.8 Å². The molecule has 0 amide bonds. The van der Waals surface area contributed by atoms with Gasteiger partial charge >= 0.3 is 5.97 Å². The minimum atomic E-state index is -4.51. The fraction of sp³-hybridized carbons (Fsp3) is 0.250. The van der Waals surface area contributed by atoms with E-state index >= 15 is 0 Å². The molecule has 0 heterocycles. The molecule has 0 fully saturated rings. The van der Waals surface area contributed by atoms with E-state index < -0.39 is 43.6 Å². The highest BCUT2D eigenvalue weighted by Gasteiger charge is 2.29. The van der Waals surface area contributed by atoms with Crippen LogP contribution in [0.2, 0.25) is 0 Å². The topological polar surface area (TPSA) is 83.5 Å². The molecular weight excluding hydrogens is 292 g/mol. The second-order valence-electron chi connectivity index (χ2n) is 4.45. The number of carbonyl (C=O) groups is 1. The first-order valence-corrected chi connectivity index (χ1v) is 6.72. The van der Waals surface area contributed by atoms with Crippen molar-refractivity contribution in [1.29, 1.82) is 0 Å². The van der Waals surface area contributed by atoms with Crippen LogP contribution >= 0.6 is 0 Å². The standard InChI is InChI=1S/C12H11F2NO4S/c1-4-12(2,3)15-20(18,19)9-6-7(11(16)17)5-8(13)10(9)14/h1,5-6,15H,2-3H3,(H,16,17). The van der Waals surface area contributed by atoms with E-state index in [2.05, 4.69) is 5.92 Å². The van der Waals surface area contributed by atoms with Gasteiger partial charge in [-0.15, -0.1) is 6.42 Å². The van der Waals surface area contributed by atoms with Gasteiger partial charge in [-0.05, 0) is 26.0 Å². The van der Waals surface area contributed by atoms with Crippen molar-refractivity contribution in [2.75, 3.05) is 0 Å². The Morgan fingerprint density at radius 3 is 2.40 bits per heavy atom. The van der Waals surface area contributed by atoms with Crippen molar-refractivity contribution < 1.29 is 27.1 Å². The third-order valence-electron chi connectivity index (χ3n) is 2.28. The average molecular weight is 303 g/mol. The first-order valence-electron chi connectivity index (χ1n) is 5.24. The van der Waals surface area contributed by atoms with Crippen LogP contribution < -0.4 is 4.72 Å². The van der Waals surface area contributed by atoms with Crippen molar-refractivity contribution in [2.45, 2.75) is 24.3 Å². The van der Waals surface area contributed by atoms with Crippen LogP contribution in [0.15, 0.2) is 17.0 Å². The molecule has 0 spiro atoms. The zero-order valence-corrected chi connectivity index (χ0v) is 11.4. The highest BCUT2D eigenvalue weighted by molar-refractivity contribution is 7.89. The van der Waals surface area contributed by atoms with Gasteiger partial charge in [0.05, 0.1) is 11.1 Å². The molecule has 0 aliphatic heterocycles. The fourth-order valence-corrected chi connectivity index (χ4v) is 2.76. The molecule has 5 nitrogen and oxygen atoms in total. The van der Waals surface area contributed by atoms with Crippen molar-refractivity contribution >= 4 is 16.0 Å². The van der Waals surface area contributed by atoms with Crippen LogP contribution in [0.3, 0.4) is 0 Å². The van der Waals surface area contributed by atoms with E-state index in [1.54, 1.807) is 0 Å². The normalized spacial score (nSPS) is 11.9. The molecule has 1 aromatic carbocycles. The van der Waals surface area contributed by atoms with Crippen LogP contribution in [0.5, 0.6) is 0 Å². The van der Waals surface area contributed by atoms with Gasteiger partial charge in [0.25, 0.3) is 0 Å². The molecule has 0 aromatic heterocycles. The number of hydrogen-bond donors (Lipinski definition) is 2. The molecule has 0 atom stereocenters. The van der Waals surface area contributed by atoms with E-state index in [1.807, 2.05) is 4.72 Å². The molecule has 0 saturated heterocycles. The zero-order valence-electron chi connectivity index (χ0n) is 10.6. The summed E-state index contributed by atoms with van der Waals surface area (Å²) in [5.74, 6) is -2.72. The first-order chi connectivity index (χ1) is 9.00. The zero-order chi connectivity index (χ0) is 15.7. The number of rotatable bonds is 4. The van der Waals surface area contributed by atoms with Gasteiger partial charge in [-0.2, -0.15) is 4.72 Å². The molecule has 0 aliphatic carbocycles. The summed E-state index contributed by atoms with van der Waals surface area (Å²) >= 11 is 0. The number of halogens is 2. The smallest absolute Gasteiger partial charge is 0.335 e. The van der Waals surface area contributed by atoms with Gasteiger partial charge in [0.15, 0.2) is 11.6 Å². The molecule has 8 heteroatoms. The van der Waals surface area contributed by atoms with E-state index in [4.69, 9.17) is 11.5 Å². The Morgan fingerprint density at radius 2 is 1.95 bits per heavy atom. The lowest BCUT2D eigenvalue weighted by molar-refractivity contribution is 0.0696. The summed E-state index contributed by atoms with van der Waals surface area (Å²) in [7, 11) is -4.51. The number of benzene rings is 1. The summed E-state index contributed by atoms with van der Waals surface area (Å²) in [5.41, 5.74) is -2.04. The quantitative estimate of drug-likeness (QED) is 0.823. The number of sulfonamides is 1. The molecule has 0 aliphatic rings. The van der Waals surface area contributed by atoms with E-state index in [0.29, 0.717) is 12.1 Å². The summed E-state index contributed by atoms with van der Waals surface area (Å²) in [5, 5.41) is 8.73. The van der Waals surface area contributed by atoms with Gasteiger partial charge < -0.3 is 5.11 Å². The number of carboxylic acids is 1. The van der Waals surface area contributed by atoms with Crippen molar-refractivity contribution in [3.8, 4) is 12.3 Å². The lowest BCUT2D eigenvalue weighted by atomic mass is 10.1. The second kappa shape index (κ2) is 5.19. The average Bonchev–Trinajstić information content (AvgIpc) is 2.30. The Balaban J connectivity index is 3.47. The van der Waals surface area contributed by atoms with Gasteiger partial charge in [0.1, 0.15) is 4.90 Å². The predicted molar refractivity (Wildman–Crippen MR) is 66.6 cm³/mol. The van der Waals surface area contributed by atoms with E-state index in [0.717, 1.165) is 0 Å². The molecule has 0 radical (unpaired) electrons. The molecule has 20 heavy (non-hydrogen) atoms. The monoisotopic (exact) mass is 303 g/mol. The van der Waals surface area contributed by atoms with Gasteiger partial charge in [-0.3, -0.25) is 0 Å². The molecule has 0 bridgehead atoms. The second-order valence-corrected chi connectivity index (χ2v) is 6.10. The van der Waals surface area contributed by atoms with E-state index in [-0.39, 0.29) is 0 Å². The molecule has 0 saturated carbocycles. The van der Waals surface area contributed by atoms with Gasteiger partial charge in [-0.1, -0.05) is 5.92 Å². The summed E-state index contributed by atoms with van der Waals surface area (Å²) in [6.45, 7) is 2.67. The molecule has 2 N–H and O–H groups in total. The summed E-state index contributed by atoms with van der Waals surface area (Å²) in [6.07, 6.45) is 5.10. The van der Waals surface area contributed by atoms with Crippen LogP contribution in [-0.4, -0.2) is 25.0 Å². The van der Waals surface area contributed by atoms with Crippen LogP contribution in [0.1, 0.15) is 24.2 Å². The van der Waals surface area contributed by atoms with Crippen molar-refractivity contribution in [2.24, 2.45) is 0 Å². The minimum absolute atomic E-state index is 0.392. The van der Waals surface area contributed by atoms with Crippen molar-refractivity contribution in [3.05, 3.63) is 29.3 Å². The minimum Gasteiger partial charge on any atom is -0.478 e. The van der Waals surface area contributed by atoms with Gasteiger partial charge in [-0.25, -0.2) is 22.0 Å². The van der Waals surface area contributed by atoms with Crippen molar-refractivity contribution in [3.63, 3.8) is 0 Å². The number of aromatic carboxylic acids is 1. The van der Waals surface area contributed by atoms with Crippen LogP contribution in [0.4, 0.5) is 8.78 Å². The third-order valence-corrected chi connectivity index (χ3v) is 3.94. The van der Waals surface area contributed by atoms with Crippen LogP contribution in [-0.2, 0) is 10.0 Å². The Kier molecular flexibility index (Phi) is 4.17. The maximum atomic E-state index is 13.6. The molecular formula is C12H11F2NO4S. The Morgan fingerprint density at radius 1 is 1.40 bits per heavy atom.